The lowest BCUT2D eigenvalue weighted by atomic mass is 10.0. The first-order chi connectivity index (χ1) is 18.5. The Labute approximate surface area is 228 Å². The summed E-state index contributed by atoms with van der Waals surface area (Å²) in [7, 11) is 1.23. The number of amides is 4. The first-order valence-electron chi connectivity index (χ1n) is 12.5. The van der Waals surface area contributed by atoms with Crippen molar-refractivity contribution in [1.29, 1.82) is 0 Å². The van der Waals surface area contributed by atoms with E-state index in [1.807, 2.05) is 36.4 Å². The van der Waals surface area contributed by atoms with Gasteiger partial charge in [0.2, 0.25) is 17.7 Å². The van der Waals surface area contributed by atoms with Crippen LogP contribution < -0.4 is 21.3 Å². The molecule has 0 heterocycles. The molecule has 2 aromatic carbocycles. The number of benzene rings is 2. The highest BCUT2D eigenvalue weighted by atomic mass is 16.6. The minimum Gasteiger partial charge on any atom is -0.467 e. The smallest absolute Gasteiger partial charge is 0.408 e. The van der Waals surface area contributed by atoms with Crippen molar-refractivity contribution in [3.63, 3.8) is 0 Å². The Hall–Kier alpha value is -4.41. The van der Waals surface area contributed by atoms with Crippen LogP contribution in [-0.2, 0) is 41.5 Å². The van der Waals surface area contributed by atoms with Gasteiger partial charge in [0.25, 0.3) is 0 Å². The number of esters is 1. The summed E-state index contributed by atoms with van der Waals surface area (Å²) in [4.78, 5) is 62.1. The molecule has 0 aliphatic rings. The number of methoxy groups -OCH3 is 1. The fourth-order valence-electron chi connectivity index (χ4n) is 3.47. The lowest BCUT2D eigenvalue weighted by molar-refractivity contribution is -0.145. The van der Waals surface area contributed by atoms with Crippen molar-refractivity contribution in [2.75, 3.05) is 20.2 Å². The molecule has 0 radical (unpaired) electrons. The van der Waals surface area contributed by atoms with Crippen molar-refractivity contribution in [1.82, 2.24) is 21.3 Å². The van der Waals surface area contributed by atoms with Gasteiger partial charge in [-0.15, -0.1) is 0 Å². The molecule has 2 atom stereocenters. The minimum absolute atomic E-state index is 0.145. The predicted octanol–water partition coefficient (Wildman–Crippen LogP) is 1.26. The number of hydrogen-bond acceptors (Lipinski definition) is 7. The van der Waals surface area contributed by atoms with Crippen molar-refractivity contribution < 1.29 is 33.4 Å². The molecule has 4 N–H and O–H groups in total. The maximum Gasteiger partial charge on any atom is 0.408 e. The maximum atomic E-state index is 13.3. The molecule has 0 aliphatic carbocycles. The average Bonchev–Trinajstić information content (AvgIpc) is 2.89. The van der Waals surface area contributed by atoms with Crippen LogP contribution in [0, 0.1) is 0 Å². The second-order valence-corrected chi connectivity index (χ2v) is 9.72. The molecule has 0 spiro atoms. The van der Waals surface area contributed by atoms with Gasteiger partial charge in [0.1, 0.15) is 24.2 Å². The Balaban J connectivity index is 2.02. The summed E-state index contributed by atoms with van der Waals surface area (Å²) in [5.74, 6) is -2.46. The fourth-order valence-corrected chi connectivity index (χ4v) is 3.47. The summed E-state index contributed by atoms with van der Waals surface area (Å²) in [6.07, 6.45) is -0.421. The molecular weight excluding hydrogens is 504 g/mol. The molecule has 0 saturated carbocycles. The van der Waals surface area contributed by atoms with Crippen LogP contribution in [-0.4, -0.2) is 67.7 Å². The second-order valence-electron chi connectivity index (χ2n) is 9.72. The molecule has 39 heavy (non-hydrogen) atoms. The van der Waals surface area contributed by atoms with Gasteiger partial charge in [-0.25, -0.2) is 9.59 Å². The lowest BCUT2D eigenvalue weighted by Gasteiger charge is -2.23. The zero-order chi connectivity index (χ0) is 28.8. The van der Waals surface area contributed by atoms with Gasteiger partial charge in [0, 0.05) is 12.8 Å². The molecule has 4 amide bonds. The highest BCUT2D eigenvalue weighted by Gasteiger charge is 2.28. The maximum absolute atomic E-state index is 13.3. The van der Waals surface area contributed by atoms with Gasteiger partial charge in [0.05, 0.1) is 13.7 Å². The topological polar surface area (TPSA) is 152 Å². The van der Waals surface area contributed by atoms with Crippen molar-refractivity contribution >= 4 is 29.8 Å². The predicted molar refractivity (Wildman–Crippen MR) is 143 cm³/mol. The highest BCUT2D eigenvalue weighted by Crippen LogP contribution is 2.08. The minimum atomic E-state index is -1.04. The fraction of sp³-hybridized carbons (Fsp3) is 0.393. The first kappa shape index (κ1) is 30.8. The van der Waals surface area contributed by atoms with Crippen LogP contribution in [0.5, 0.6) is 0 Å². The van der Waals surface area contributed by atoms with E-state index >= 15 is 0 Å². The Bertz CT molecular complexity index is 1120. The normalized spacial score (nSPS) is 12.3. The van der Waals surface area contributed by atoms with Crippen molar-refractivity contribution in [2.45, 2.75) is 51.3 Å². The standard InChI is InChI=1S/C28H36N4O7/c1-28(2,3)39-27(37)30-17-23(33)29-18-24(34)31-21(15-19-11-7-5-8-12-19)25(35)32-22(26(36)38-4)16-20-13-9-6-10-14-20/h5-14,21-22H,15-18H2,1-4H3,(H,29,33)(H,30,37)(H,31,34)(H,32,35)/t21-,22+/m1/s1. The molecule has 0 bridgehead atoms. The van der Waals surface area contributed by atoms with Crippen LogP contribution in [0.4, 0.5) is 4.79 Å². The summed E-state index contributed by atoms with van der Waals surface area (Å²) in [6, 6.07) is 16.2. The molecular formula is C28H36N4O7. The zero-order valence-corrected chi connectivity index (χ0v) is 22.6. The summed E-state index contributed by atoms with van der Waals surface area (Å²) in [5, 5.41) is 9.98. The first-order valence-corrected chi connectivity index (χ1v) is 12.5. The number of rotatable bonds is 12. The third-order valence-electron chi connectivity index (χ3n) is 5.26. The number of nitrogens with one attached hydrogen (secondary N) is 4. The molecule has 2 rings (SSSR count). The Kier molecular flexibility index (Phi) is 11.9. The Morgan fingerprint density at radius 3 is 1.74 bits per heavy atom. The number of alkyl carbamates (subject to hydrolysis) is 1. The van der Waals surface area contributed by atoms with Gasteiger partial charge in [-0.2, -0.15) is 0 Å². The van der Waals surface area contributed by atoms with Gasteiger partial charge >= 0.3 is 12.1 Å². The summed E-state index contributed by atoms with van der Waals surface area (Å²) in [5.41, 5.74) is 0.878. The molecule has 0 unspecified atom stereocenters. The monoisotopic (exact) mass is 540 g/mol. The van der Waals surface area contributed by atoms with Gasteiger partial charge < -0.3 is 30.7 Å². The van der Waals surface area contributed by atoms with E-state index in [2.05, 4.69) is 21.3 Å². The van der Waals surface area contributed by atoms with E-state index in [1.54, 1.807) is 45.0 Å². The highest BCUT2D eigenvalue weighted by molar-refractivity contribution is 5.92. The van der Waals surface area contributed by atoms with E-state index < -0.39 is 60.6 Å². The van der Waals surface area contributed by atoms with E-state index in [0.29, 0.717) is 0 Å². The number of ether oxygens (including phenoxy) is 2. The van der Waals surface area contributed by atoms with Crippen molar-refractivity contribution in [2.24, 2.45) is 0 Å². The van der Waals surface area contributed by atoms with E-state index in [-0.39, 0.29) is 12.8 Å². The van der Waals surface area contributed by atoms with Crippen LogP contribution in [0.15, 0.2) is 60.7 Å². The van der Waals surface area contributed by atoms with E-state index in [9.17, 15) is 24.0 Å². The SMILES string of the molecule is COC(=O)[C@H](Cc1ccccc1)NC(=O)[C@@H](Cc1ccccc1)NC(=O)CNC(=O)CNC(=O)OC(C)(C)C. The van der Waals surface area contributed by atoms with Gasteiger partial charge in [-0.3, -0.25) is 14.4 Å². The van der Waals surface area contributed by atoms with Crippen molar-refractivity contribution in [3.8, 4) is 0 Å². The molecule has 0 fully saturated rings. The molecule has 2 aromatic rings. The van der Waals surface area contributed by atoms with Crippen LogP contribution in [0.25, 0.3) is 0 Å². The van der Waals surface area contributed by atoms with Crippen LogP contribution in [0.1, 0.15) is 31.9 Å². The van der Waals surface area contributed by atoms with Gasteiger partial charge in [-0.1, -0.05) is 60.7 Å². The molecule has 0 saturated heterocycles. The number of carbonyl (C=O) groups is 5. The largest absolute Gasteiger partial charge is 0.467 e. The lowest BCUT2D eigenvalue weighted by Crippen LogP contribution is -2.54. The third-order valence-corrected chi connectivity index (χ3v) is 5.26. The molecule has 210 valence electrons. The van der Waals surface area contributed by atoms with Gasteiger partial charge in [0.15, 0.2) is 0 Å². The zero-order valence-electron chi connectivity index (χ0n) is 22.6. The quantitative estimate of drug-likeness (QED) is 0.296. The van der Waals surface area contributed by atoms with E-state index in [0.717, 1.165) is 11.1 Å². The van der Waals surface area contributed by atoms with Crippen LogP contribution >= 0.6 is 0 Å². The second kappa shape index (κ2) is 15.1. The summed E-state index contributed by atoms with van der Waals surface area (Å²) in [6.45, 7) is 4.24. The van der Waals surface area contributed by atoms with Crippen LogP contribution in [0.3, 0.4) is 0 Å². The molecule has 0 aliphatic heterocycles. The van der Waals surface area contributed by atoms with Crippen LogP contribution in [0.2, 0.25) is 0 Å². The Morgan fingerprint density at radius 1 is 0.718 bits per heavy atom. The molecule has 11 heteroatoms. The summed E-state index contributed by atoms with van der Waals surface area (Å²) < 4.78 is 9.93. The average molecular weight is 541 g/mol. The summed E-state index contributed by atoms with van der Waals surface area (Å²) >= 11 is 0. The number of carbonyl (C=O) groups excluding carboxylic acids is 5. The molecule has 11 nitrogen and oxygen atoms in total. The van der Waals surface area contributed by atoms with Gasteiger partial charge in [-0.05, 0) is 31.9 Å². The third kappa shape index (κ3) is 12.1. The van der Waals surface area contributed by atoms with E-state index in [4.69, 9.17) is 9.47 Å². The molecule has 0 aromatic heterocycles. The Morgan fingerprint density at radius 2 is 1.23 bits per heavy atom. The van der Waals surface area contributed by atoms with Crippen molar-refractivity contribution in [3.05, 3.63) is 71.8 Å². The van der Waals surface area contributed by atoms with E-state index in [1.165, 1.54) is 7.11 Å². The number of hydrogen-bond donors (Lipinski definition) is 4.